The predicted molar refractivity (Wildman–Crippen MR) is 78.8 cm³/mol. The number of ether oxygens (including phenoxy) is 1. The van der Waals surface area contributed by atoms with Crippen molar-refractivity contribution in [2.45, 2.75) is 32.7 Å². The average Bonchev–Trinajstić information content (AvgIpc) is 2.41. The molecule has 1 aromatic carbocycles. The first-order chi connectivity index (χ1) is 9.34. The van der Waals surface area contributed by atoms with Crippen LogP contribution in [-0.4, -0.2) is 23.4 Å². The number of carbonyl (C=O) groups is 1. The van der Waals surface area contributed by atoms with Crippen molar-refractivity contribution in [1.82, 2.24) is 5.32 Å². The van der Waals surface area contributed by atoms with Crippen molar-refractivity contribution in [2.75, 3.05) is 6.66 Å². The van der Waals surface area contributed by atoms with Crippen LogP contribution in [0.5, 0.6) is 0 Å². The number of carbonyl (C=O) groups excluding carboxylic acids is 1. The normalized spacial score (nSPS) is 16.8. The molecule has 0 aliphatic rings. The van der Waals surface area contributed by atoms with Crippen molar-refractivity contribution < 1.29 is 19.0 Å². The fraction of sp³-hybridized carbons (Fsp3) is 0.500. The fourth-order valence-corrected chi connectivity index (χ4v) is 3.34. The molecule has 0 fully saturated rings. The SMILES string of the molecule is CCC(C)C(NC(=O)OCc1ccccc1)P(C)(=O)O. The Balaban J connectivity index is 2.57. The standard InChI is InChI=1S/C14H22NO4P/c1-4-11(2)13(20(3,17)18)15-14(16)19-10-12-8-6-5-7-9-12/h5-9,11,13H,4,10H2,1-3H3,(H,15,16)(H,17,18). The lowest BCUT2D eigenvalue weighted by molar-refractivity contribution is 0.135. The van der Waals surface area contributed by atoms with Gasteiger partial charge in [0.2, 0.25) is 7.37 Å². The predicted octanol–water partition coefficient (Wildman–Crippen LogP) is 3.19. The van der Waals surface area contributed by atoms with Gasteiger partial charge in [0.05, 0.1) is 0 Å². The molecule has 0 aromatic heterocycles. The highest BCUT2D eigenvalue weighted by atomic mass is 31.2. The molecule has 1 rings (SSSR count). The Bertz CT molecular complexity index is 471. The maximum Gasteiger partial charge on any atom is 0.408 e. The maximum absolute atomic E-state index is 11.8. The van der Waals surface area contributed by atoms with Crippen LogP contribution < -0.4 is 5.32 Å². The molecule has 5 nitrogen and oxygen atoms in total. The molecule has 0 saturated heterocycles. The number of amides is 1. The first-order valence-electron chi connectivity index (χ1n) is 6.61. The summed E-state index contributed by atoms with van der Waals surface area (Å²) in [6.45, 7) is 5.12. The van der Waals surface area contributed by atoms with E-state index in [0.717, 1.165) is 5.56 Å². The summed E-state index contributed by atoms with van der Waals surface area (Å²) in [6.07, 6.45) is 0.0254. The Morgan fingerprint density at radius 2 is 2.00 bits per heavy atom. The lowest BCUT2D eigenvalue weighted by Gasteiger charge is -2.26. The molecule has 0 aliphatic heterocycles. The molecule has 0 heterocycles. The summed E-state index contributed by atoms with van der Waals surface area (Å²) >= 11 is 0. The lowest BCUT2D eigenvalue weighted by atomic mass is 10.1. The molecule has 1 amide bonds. The number of hydrogen-bond donors (Lipinski definition) is 2. The molecule has 112 valence electrons. The molecule has 0 bridgehead atoms. The summed E-state index contributed by atoms with van der Waals surface area (Å²) in [5, 5.41) is 2.50. The first kappa shape index (κ1) is 16.7. The molecule has 3 atom stereocenters. The summed E-state index contributed by atoms with van der Waals surface area (Å²) in [5.74, 6) is -0.879. The minimum absolute atomic E-state index is 0.0971. The van der Waals surface area contributed by atoms with Crippen LogP contribution in [0.15, 0.2) is 30.3 Å². The zero-order chi connectivity index (χ0) is 15.2. The van der Waals surface area contributed by atoms with Gasteiger partial charge in [0, 0.05) is 6.66 Å². The van der Waals surface area contributed by atoms with E-state index < -0.39 is 19.2 Å². The largest absolute Gasteiger partial charge is 0.445 e. The zero-order valence-electron chi connectivity index (χ0n) is 12.1. The minimum Gasteiger partial charge on any atom is -0.445 e. The van der Waals surface area contributed by atoms with Crippen molar-refractivity contribution in [3.05, 3.63) is 35.9 Å². The van der Waals surface area contributed by atoms with Crippen LogP contribution in [0.1, 0.15) is 25.8 Å². The topological polar surface area (TPSA) is 75.6 Å². The number of alkyl carbamates (subject to hydrolysis) is 1. The van der Waals surface area contributed by atoms with Gasteiger partial charge in [-0.15, -0.1) is 0 Å². The Labute approximate surface area is 119 Å². The highest BCUT2D eigenvalue weighted by Gasteiger charge is 2.32. The van der Waals surface area contributed by atoms with Crippen LogP contribution in [0.25, 0.3) is 0 Å². The van der Waals surface area contributed by atoms with Crippen molar-refractivity contribution >= 4 is 13.5 Å². The molecule has 0 spiro atoms. The molecule has 2 N–H and O–H groups in total. The number of benzene rings is 1. The maximum atomic E-state index is 11.8. The third-order valence-electron chi connectivity index (χ3n) is 3.18. The van der Waals surface area contributed by atoms with E-state index in [9.17, 15) is 14.3 Å². The zero-order valence-corrected chi connectivity index (χ0v) is 13.0. The Kier molecular flexibility index (Phi) is 6.24. The summed E-state index contributed by atoms with van der Waals surface area (Å²) in [4.78, 5) is 21.4. The van der Waals surface area contributed by atoms with E-state index in [-0.39, 0.29) is 12.5 Å². The van der Waals surface area contributed by atoms with E-state index >= 15 is 0 Å². The smallest absolute Gasteiger partial charge is 0.408 e. The summed E-state index contributed by atoms with van der Waals surface area (Å²) in [6, 6.07) is 9.27. The van der Waals surface area contributed by atoms with Gasteiger partial charge in [0.1, 0.15) is 12.4 Å². The van der Waals surface area contributed by atoms with Gasteiger partial charge in [0.15, 0.2) is 0 Å². The molecular formula is C14H22NO4P. The number of rotatable bonds is 6. The van der Waals surface area contributed by atoms with Crippen molar-refractivity contribution in [2.24, 2.45) is 5.92 Å². The van der Waals surface area contributed by atoms with Crippen molar-refractivity contribution in [1.29, 1.82) is 0 Å². The second-order valence-electron chi connectivity index (χ2n) is 4.98. The second kappa shape index (κ2) is 7.46. The van der Waals surface area contributed by atoms with Crippen LogP contribution in [-0.2, 0) is 15.9 Å². The number of nitrogens with one attached hydrogen (secondary N) is 1. The van der Waals surface area contributed by atoms with Crippen LogP contribution >= 0.6 is 7.37 Å². The molecule has 0 saturated carbocycles. The van der Waals surface area contributed by atoms with Gasteiger partial charge < -0.3 is 14.9 Å². The van der Waals surface area contributed by atoms with Gasteiger partial charge in [-0.2, -0.15) is 0 Å². The highest BCUT2D eigenvalue weighted by Crippen LogP contribution is 2.44. The fourth-order valence-electron chi connectivity index (χ4n) is 1.84. The third-order valence-corrected chi connectivity index (χ3v) is 4.85. The third kappa shape index (κ3) is 5.35. The second-order valence-corrected chi connectivity index (χ2v) is 7.42. The van der Waals surface area contributed by atoms with Gasteiger partial charge >= 0.3 is 6.09 Å². The van der Waals surface area contributed by atoms with E-state index in [4.69, 9.17) is 4.74 Å². The van der Waals surface area contributed by atoms with Gasteiger partial charge in [-0.25, -0.2) is 4.79 Å². The number of hydrogen-bond acceptors (Lipinski definition) is 3. The first-order valence-corrected chi connectivity index (χ1v) is 8.79. The molecule has 1 aromatic rings. The Hall–Kier alpha value is -1.32. The quantitative estimate of drug-likeness (QED) is 0.791. The molecule has 6 heteroatoms. The Morgan fingerprint density at radius 1 is 1.40 bits per heavy atom. The summed E-state index contributed by atoms with van der Waals surface area (Å²) in [7, 11) is -3.41. The highest BCUT2D eigenvalue weighted by molar-refractivity contribution is 7.57. The average molecular weight is 299 g/mol. The Morgan fingerprint density at radius 3 is 2.50 bits per heavy atom. The molecule has 3 unspecified atom stereocenters. The lowest BCUT2D eigenvalue weighted by Crippen LogP contribution is -2.39. The summed E-state index contributed by atoms with van der Waals surface area (Å²) < 4.78 is 16.9. The van der Waals surface area contributed by atoms with E-state index in [1.165, 1.54) is 6.66 Å². The molecule has 0 aliphatic carbocycles. The van der Waals surface area contributed by atoms with Crippen LogP contribution in [0, 0.1) is 5.92 Å². The van der Waals surface area contributed by atoms with Crippen molar-refractivity contribution in [3.63, 3.8) is 0 Å². The van der Waals surface area contributed by atoms with Gasteiger partial charge in [-0.1, -0.05) is 50.6 Å². The van der Waals surface area contributed by atoms with Crippen LogP contribution in [0.4, 0.5) is 4.79 Å². The van der Waals surface area contributed by atoms with Gasteiger partial charge in [-0.05, 0) is 11.5 Å². The van der Waals surface area contributed by atoms with E-state index in [1.54, 1.807) is 0 Å². The summed E-state index contributed by atoms with van der Waals surface area (Å²) in [5.41, 5.74) is 0.867. The van der Waals surface area contributed by atoms with E-state index in [2.05, 4.69) is 5.32 Å². The van der Waals surface area contributed by atoms with Gasteiger partial charge in [0.25, 0.3) is 0 Å². The molecular weight excluding hydrogens is 277 g/mol. The van der Waals surface area contributed by atoms with Gasteiger partial charge in [-0.3, -0.25) is 4.57 Å². The van der Waals surface area contributed by atoms with Crippen LogP contribution in [0.3, 0.4) is 0 Å². The van der Waals surface area contributed by atoms with E-state index in [1.807, 2.05) is 44.2 Å². The van der Waals surface area contributed by atoms with Crippen molar-refractivity contribution in [3.8, 4) is 0 Å². The molecule has 20 heavy (non-hydrogen) atoms. The minimum atomic E-state index is -3.41. The molecule has 0 radical (unpaired) electrons. The van der Waals surface area contributed by atoms with Crippen LogP contribution in [0.2, 0.25) is 0 Å². The van der Waals surface area contributed by atoms with E-state index in [0.29, 0.717) is 6.42 Å². The monoisotopic (exact) mass is 299 g/mol.